The second-order valence-corrected chi connectivity index (χ2v) is 3.24. The molecule has 0 unspecified atom stereocenters. The van der Waals surface area contributed by atoms with Crippen molar-refractivity contribution in [2.24, 2.45) is 0 Å². The van der Waals surface area contributed by atoms with Gasteiger partial charge in [0.2, 0.25) is 0 Å². The van der Waals surface area contributed by atoms with Crippen LogP contribution in [0.5, 0.6) is 0 Å². The molecule has 0 aliphatic carbocycles. The van der Waals surface area contributed by atoms with Gasteiger partial charge in [0.15, 0.2) is 0 Å². The fourth-order valence-electron chi connectivity index (χ4n) is 1.66. The molecule has 0 spiro atoms. The molecule has 0 atom stereocenters. The van der Waals surface area contributed by atoms with Crippen molar-refractivity contribution < 1.29 is 0 Å². The highest BCUT2D eigenvalue weighted by atomic mass is 79.9. The number of nitrogens with zero attached hydrogens (tertiary/aromatic N) is 2. The number of rotatable bonds is 1. The zero-order chi connectivity index (χ0) is 8.23. The molecule has 14 heavy (non-hydrogen) atoms. The van der Waals surface area contributed by atoms with Gasteiger partial charge < -0.3 is 4.90 Å². The second kappa shape index (κ2) is 7.23. The van der Waals surface area contributed by atoms with Gasteiger partial charge in [0.05, 0.1) is 0 Å². The summed E-state index contributed by atoms with van der Waals surface area (Å²) in [5, 5.41) is 0. The van der Waals surface area contributed by atoms with Gasteiger partial charge in [-0.05, 0) is 31.4 Å². The number of pyridine rings is 1. The van der Waals surface area contributed by atoms with Crippen LogP contribution in [0.3, 0.4) is 0 Å². The predicted octanol–water partition coefficient (Wildman–Crippen LogP) is 3.23. The first kappa shape index (κ1) is 13.9. The van der Waals surface area contributed by atoms with Crippen molar-refractivity contribution in [1.82, 2.24) is 4.98 Å². The normalized spacial score (nSPS) is 15.3. The van der Waals surface area contributed by atoms with Crippen molar-refractivity contribution in [3.8, 4) is 0 Å². The molecule has 2 rings (SSSR count). The van der Waals surface area contributed by atoms with Crippen LogP contribution in [0.1, 0.15) is 19.3 Å². The Morgan fingerprint density at radius 3 is 2.29 bits per heavy atom. The van der Waals surface area contributed by atoms with E-state index in [2.05, 4.69) is 22.0 Å². The predicted molar refractivity (Wildman–Crippen MR) is 70.9 cm³/mol. The molecule has 0 bridgehead atoms. The van der Waals surface area contributed by atoms with Crippen LogP contribution in [-0.4, -0.2) is 18.1 Å². The smallest absolute Gasteiger partial charge is 0.128 e. The average molecular weight is 324 g/mol. The van der Waals surface area contributed by atoms with Crippen LogP contribution in [0.4, 0.5) is 5.82 Å². The largest absolute Gasteiger partial charge is 0.357 e. The lowest BCUT2D eigenvalue weighted by Gasteiger charge is -2.27. The van der Waals surface area contributed by atoms with E-state index in [0.717, 1.165) is 5.82 Å². The minimum Gasteiger partial charge on any atom is -0.357 e. The van der Waals surface area contributed by atoms with Crippen molar-refractivity contribution in [1.29, 1.82) is 0 Å². The molecule has 1 saturated heterocycles. The number of halogens is 2. The maximum atomic E-state index is 4.33. The Kier molecular flexibility index (Phi) is 7.19. The summed E-state index contributed by atoms with van der Waals surface area (Å²) in [7, 11) is 0. The first-order valence-electron chi connectivity index (χ1n) is 4.63. The molecule has 1 aromatic heterocycles. The fourth-order valence-corrected chi connectivity index (χ4v) is 1.66. The molecule has 4 heteroatoms. The molecule has 1 aliphatic rings. The van der Waals surface area contributed by atoms with Gasteiger partial charge in [0.1, 0.15) is 5.82 Å². The van der Waals surface area contributed by atoms with Crippen LogP contribution in [-0.2, 0) is 0 Å². The topological polar surface area (TPSA) is 16.1 Å². The summed E-state index contributed by atoms with van der Waals surface area (Å²) in [6.45, 7) is 2.36. The second-order valence-electron chi connectivity index (χ2n) is 3.24. The van der Waals surface area contributed by atoms with Crippen LogP contribution >= 0.6 is 34.0 Å². The highest BCUT2D eigenvalue weighted by Gasteiger charge is 2.10. The van der Waals surface area contributed by atoms with E-state index in [-0.39, 0.29) is 34.0 Å². The molecule has 2 heterocycles. The van der Waals surface area contributed by atoms with E-state index in [0.29, 0.717) is 0 Å². The van der Waals surface area contributed by atoms with Gasteiger partial charge in [-0.2, -0.15) is 0 Å². The zero-order valence-electron chi connectivity index (χ0n) is 8.06. The van der Waals surface area contributed by atoms with E-state index in [1.54, 1.807) is 0 Å². The molecule has 0 aromatic carbocycles. The standard InChI is InChI=1S/C10H14N2.2BrH/c1-4-8-12(9-5-1)10-6-2-3-7-11-10;;/h2-3,6-7H,1,4-5,8-9H2;2*1H. The van der Waals surface area contributed by atoms with E-state index >= 15 is 0 Å². The van der Waals surface area contributed by atoms with E-state index in [9.17, 15) is 0 Å². The fraction of sp³-hybridized carbons (Fsp3) is 0.500. The van der Waals surface area contributed by atoms with Crippen LogP contribution in [0.2, 0.25) is 0 Å². The summed E-state index contributed by atoms with van der Waals surface area (Å²) in [5.41, 5.74) is 0. The Morgan fingerprint density at radius 2 is 1.71 bits per heavy atom. The molecule has 1 aliphatic heterocycles. The zero-order valence-corrected chi connectivity index (χ0v) is 11.5. The Labute approximate surface area is 106 Å². The first-order chi connectivity index (χ1) is 5.97. The highest BCUT2D eigenvalue weighted by Crippen LogP contribution is 2.15. The summed E-state index contributed by atoms with van der Waals surface area (Å²) >= 11 is 0. The van der Waals surface area contributed by atoms with Gasteiger partial charge in [0, 0.05) is 19.3 Å². The molecule has 2 nitrogen and oxygen atoms in total. The molecular formula is C10H16Br2N2. The van der Waals surface area contributed by atoms with Gasteiger partial charge in [-0.1, -0.05) is 6.07 Å². The van der Waals surface area contributed by atoms with Gasteiger partial charge in [-0.3, -0.25) is 0 Å². The van der Waals surface area contributed by atoms with E-state index in [4.69, 9.17) is 0 Å². The minimum atomic E-state index is 0. The number of aromatic nitrogens is 1. The van der Waals surface area contributed by atoms with E-state index in [1.807, 2.05) is 12.3 Å². The third kappa shape index (κ3) is 3.58. The Hall–Kier alpha value is -0.0900. The summed E-state index contributed by atoms with van der Waals surface area (Å²) in [4.78, 5) is 6.69. The maximum absolute atomic E-state index is 4.33. The minimum absolute atomic E-state index is 0. The van der Waals surface area contributed by atoms with Crippen molar-refractivity contribution in [3.05, 3.63) is 24.4 Å². The number of hydrogen-bond donors (Lipinski definition) is 0. The van der Waals surface area contributed by atoms with Crippen molar-refractivity contribution in [2.75, 3.05) is 18.0 Å². The summed E-state index contributed by atoms with van der Waals surface area (Å²) in [5.74, 6) is 1.14. The molecule has 0 amide bonds. The lowest BCUT2D eigenvalue weighted by atomic mass is 10.1. The lowest BCUT2D eigenvalue weighted by molar-refractivity contribution is 0.573. The van der Waals surface area contributed by atoms with Gasteiger partial charge in [0.25, 0.3) is 0 Å². The van der Waals surface area contributed by atoms with Gasteiger partial charge in [-0.25, -0.2) is 4.98 Å². The van der Waals surface area contributed by atoms with Gasteiger partial charge >= 0.3 is 0 Å². The molecule has 0 saturated carbocycles. The van der Waals surface area contributed by atoms with Crippen LogP contribution in [0.25, 0.3) is 0 Å². The molecule has 80 valence electrons. The Bertz CT molecular complexity index is 235. The third-order valence-electron chi connectivity index (χ3n) is 2.33. The Morgan fingerprint density at radius 1 is 1.00 bits per heavy atom. The molecule has 0 N–H and O–H groups in total. The van der Waals surface area contributed by atoms with Crippen LogP contribution in [0.15, 0.2) is 24.4 Å². The summed E-state index contributed by atoms with van der Waals surface area (Å²) < 4.78 is 0. The maximum Gasteiger partial charge on any atom is 0.128 e. The van der Waals surface area contributed by atoms with Crippen molar-refractivity contribution >= 4 is 39.8 Å². The monoisotopic (exact) mass is 322 g/mol. The molecule has 1 aromatic rings. The van der Waals surface area contributed by atoms with E-state index in [1.165, 1.54) is 32.4 Å². The lowest BCUT2D eigenvalue weighted by Crippen LogP contribution is -2.29. The highest BCUT2D eigenvalue weighted by molar-refractivity contribution is 8.93. The molecule has 0 radical (unpaired) electrons. The van der Waals surface area contributed by atoms with Crippen molar-refractivity contribution in [2.45, 2.75) is 19.3 Å². The third-order valence-corrected chi connectivity index (χ3v) is 2.33. The van der Waals surface area contributed by atoms with E-state index < -0.39 is 0 Å². The Balaban J connectivity index is 0.000000845. The average Bonchev–Trinajstić information content (AvgIpc) is 2.21. The van der Waals surface area contributed by atoms with Gasteiger partial charge in [-0.15, -0.1) is 34.0 Å². The summed E-state index contributed by atoms with van der Waals surface area (Å²) in [6.07, 6.45) is 5.88. The van der Waals surface area contributed by atoms with Crippen LogP contribution in [0, 0.1) is 0 Å². The number of hydrogen-bond acceptors (Lipinski definition) is 2. The van der Waals surface area contributed by atoms with Crippen LogP contribution < -0.4 is 4.90 Å². The summed E-state index contributed by atoms with van der Waals surface area (Å²) in [6, 6.07) is 6.11. The first-order valence-corrected chi connectivity index (χ1v) is 4.63. The van der Waals surface area contributed by atoms with Crippen molar-refractivity contribution in [3.63, 3.8) is 0 Å². The SMILES string of the molecule is Br.Br.c1ccc(N2CCCCC2)nc1. The number of anilines is 1. The molecule has 1 fully saturated rings. The number of piperidine rings is 1. The molecular weight excluding hydrogens is 308 g/mol. The quantitative estimate of drug-likeness (QED) is 0.788.